The predicted octanol–water partition coefficient (Wildman–Crippen LogP) is 6.80. The van der Waals surface area contributed by atoms with Gasteiger partial charge in [-0.05, 0) is 63.6 Å². The zero-order valence-electron chi connectivity index (χ0n) is 18.8. The molecule has 0 fully saturated rings. The minimum atomic E-state index is -4.41. The van der Waals surface area contributed by atoms with E-state index in [1.54, 1.807) is 19.1 Å². The van der Waals surface area contributed by atoms with Crippen molar-refractivity contribution in [1.29, 1.82) is 0 Å². The second-order valence-corrected chi connectivity index (χ2v) is 8.69. The highest BCUT2D eigenvalue weighted by Gasteiger charge is 2.30. The van der Waals surface area contributed by atoms with E-state index < -0.39 is 23.3 Å². The molecule has 0 saturated carbocycles. The minimum absolute atomic E-state index is 0.0934. The highest BCUT2D eigenvalue weighted by atomic mass is 32.2. The molecule has 5 nitrogen and oxygen atoms in total. The van der Waals surface area contributed by atoms with Gasteiger partial charge in [0, 0.05) is 10.5 Å². The van der Waals surface area contributed by atoms with Gasteiger partial charge in [-0.3, -0.25) is 0 Å². The third-order valence-electron chi connectivity index (χ3n) is 4.70. The second-order valence-electron chi connectivity index (χ2n) is 7.67. The first-order valence-electron chi connectivity index (χ1n) is 9.99. The zero-order valence-corrected chi connectivity index (χ0v) is 19.6. The lowest BCUT2D eigenvalue weighted by Gasteiger charge is -2.19. The monoisotopic (exact) mass is 481 g/mol. The van der Waals surface area contributed by atoms with Gasteiger partial charge in [0.05, 0.1) is 23.6 Å². The number of aromatic nitrogens is 1. The largest absolute Gasteiger partial charge is 0.479 e. The van der Waals surface area contributed by atoms with Crippen LogP contribution in [-0.4, -0.2) is 28.3 Å². The van der Waals surface area contributed by atoms with E-state index in [0.29, 0.717) is 22.8 Å². The molecule has 0 aliphatic rings. The number of nitrogens with zero attached hydrogens (tertiary/aromatic N) is 1. The summed E-state index contributed by atoms with van der Waals surface area (Å²) in [6.45, 7) is 10.4. The maximum Gasteiger partial charge on any atom is 0.416 e. The van der Waals surface area contributed by atoms with Crippen LogP contribution in [0.15, 0.2) is 64.0 Å². The van der Waals surface area contributed by atoms with Crippen molar-refractivity contribution in [1.82, 2.24) is 4.98 Å². The number of aliphatic carboxylic acids is 1. The molecule has 0 aliphatic heterocycles. The first-order valence-corrected chi connectivity index (χ1v) is 11.0. The standard InChI is InChI=1S/C24H26F3NO4S/c1-6-7-15(2)20(12-13-31-23(4,5)22(29)30)33-14-19-16(3)28-21(32-19)17-8-10-18(11-9-17)24(25,26)27/h6-12H,1,13-14H2,2-5H3,(H,29,30)/b15-7-,20-12+. The number of alkyl halides is 3. The van der Waals surface area contributed by atoms with Gasteiger partial charge in [-0.1, -0.05) is 18.7 Å². The molecule has 1 N–H and O–H groups in total. The summed E-state index contributed by atoms with van der Waals surface area (Å²) in [6.07, 6.45) is 0.846. The molecule has 2 rings (SSSR count). The SMILES string of the molecule is C=C/C=C(C)\C(=C/COC(C)(C)C(=O)O)SCc1oc(-c2ccc(C(F)(F)F)cc2)nc1C. The number of oxazole rings is 1. The first-order chi connectivity index (χ1) is 15.3. The number of aryl methyl sites for hydroxylation is 1. The van der Waals surface area contributed by atoms with Crippen LogP contribution in [0.5, 0.6) is 0 Å². The number of rotatable bonds is 10. The molecule has 0 atom stereocenters. The van der Waals surface area contributed by atoms with Crippen molar-refractivity contribution >= 4 is 17.7 Å². The molecular formula is C24H26F3NO4S. The zero-order chi connectivity index (χ0) is 24.8. The number of carbonyl (C=O) groups is 1. The first kappa shape index (κ1) is 26.5. The number of carboxylic acid groups (broad SMARTS) is 1. The van der Waals surface area contributed by atoms with Crippen LogP contribution in [0.4, 0.5) is 13.2 Å². The van der Waals surface area contributed by atoms with Gasteiger partial charge >= 0.3 is 12.1 Å². The molecule has 0 saturated heterocycles. The van der Waals surface area contributed by atoms with Gasteiger partial charge < -0.3 is 14.3 Å². The Morgan fingerprint density at radius 2 is 1.91 bits per heavy atom. The molecule has 1 aromatic carbocycles. The Bertz CT molecular complexity index is 1050. The van der Waals surface area contributed by atoms with Crippen molar-refractivity contribution in [3.05, 3.63) is 76.6 Å². The summed E-state index contributed by atoms with van der Waals surface area (Å²) in [5.41, 5.74) is -0.0688. The summed E-state index contributed by atoms with van der Waals surface area (Å²) < 4.78 is 49.6. The van der Waals surface area contributed by atoms with Crippen LogP contribution in [0.25, 0.3) is 11.5 Å². The van der Waals surface area contributed by atoms with Gasteiger partial charge in [0.15, 0.2) is 5.60 Å². The number of hydrogen-bond acceptors (Lipinski definition) is 5. The Labute approximate surface area is 195 Å². The molecule has 1 heterocycles. The maximum atomic E-state index is 12.8. The van der Waals surface area contributed by atoms with Crippen LogP contribution < -0.4 is 0 Å². The number of hydrogen-bond donors (Lipinski definition) is 1. The van der Waals surface area contributed by atoms with E-state index in [0.717, 1.165) is 22.6 Å². The molecule has 0 aliphatic carbocycles. The number of benzene rings is 1. The Morgan fingerprint density at radius 1 is 1.27 bits per heavy atom. The number of thioether (sulfide) groups is 1. The number of ether oxygens (including phenoxy) is 1. The molecule has 33 heavy (non-hydrogen) atoms. The lowest BCUT2D eigenvalue weighted by atomic mass is 10.1. The Balaban J connectivity index is 2.16. The van der Waals surface area contributed by atoms with Crippen molar-refractivity contribution in [2.75, 3.05) is 6.61 Å². The van der Waals surface area contributed by atoms with Crippen LogP contribution in [0.3, 0.4) is 0 Å². The van der Waals surface area contributed by atoms with E-state index in [9.17, 15) is 23.1 Å². The molecule has 178 valence electrons. The van der Waals surface area contributed by atoms with Gasteiger partial charge in [0.1, 0.15) is 5.76 Å². The highest BCUT2D eigenvalue weighted by molar-refractivity contribution is 8.02. The molecule has 2 aromatic rings. The second kappa shape index (κ2) is 10.9. The van der Waals surface area contributed by atoms with Crippen LogP contribution in [0.1, 0.15) is 37.8 Å². The van der Waals surface area contributed by atoms with Crippen molar-refractivity contribution in [3.8, 4) is 11.5 Å². The van der Waals surface area contributed by atoms with E-state index in [4.69, 9.17) is 9.15 Å². The van der Waals surface area contributed by atoms with Gasteiger partial charge in [-0.25, -0.2) is 9.78 Å². The minimum Gasteiger partial charge on any atom is -0.479 e. The van der Waals surface area contributed by atoms with Gasteiger partial charge in [0.2, 0.25) is 5.89 Å². The lowest BCUT2D eigenvalue weighted by molar-refractivity contribution is -0.159. The lowest BCUT2D eigenvalue weighted by Crippen LogP contribution is -2.34. The molecule has 0 radical (unpaired) electrons. The fraction of sp³-hybridized carbons (Fsp3) is 0.333. The molecule has 0 bridgehead atoms. The van der Waals surface area contributed by atoms with E-state index >= 15 is 0 Å². The number of halogens is 3. The van der Waals surface area contributed by atoms with E-state index in [2.05, 4.69) is 11.6 Å². The Hall–Kier alpha value is -2.78. The fourth-order valence-electron chi connectivity index (χ4n) is 2.61. The van der Waals surface area contributed by atoms with E-state index in [1.165, 1.54) is 37.7 Å². The summed E-state index contributed by atoms with van der Waals surface area (Å²) in [6, 6.07) is 4.64. The van der Waals surface area contributed by atoms with Crippen molar-refractivity contribution in [2.24, 2.45) is 0 Å². The smallest absolute Gasteiger partial charge is 0.416 e. The summed E-state index contributed by atoms with van der Waals surface area (Å²) in [7, 11) is 0. The van der Waals surface area contributed by atoms with E-state index in [-0.39, 0.29) is 12.5 Å². The van der Waals surface area contributed by atoms with Crippen molar-refractivity contribution in [3.63, 3.8) is 0 Å². The predicted molar refractivity (Wildman–Crippen MR) is 123 cm³/mol. The Kier molecular flexibility index (Phi) is 8.74. The molecule has 1 aromatic heterocycles. The average Bonchev–Trinajstić information content (AvgIpc) is 3.10. The van der Waals surface area contributed by atoms with Gasteiger partial charge in [0.25, 0.3) is 0 Å². The molecule has 0 unspecified atom stereocenters. The van der Waals surface area contributed by atoms with Gasteiger partial charge in [-0.15, -0.1) is 11.8 Å². The van der Waals surface area contributed by atoms with Crippen LogP contribution in [0, 0.1) is 6.92 Å². The molecule has 0 amide bonds. The topological polar surface area (TPSA) is 72.6 Å². The highest BCUT2D eigenvalue weighted by Crippen LogP contribution is 2.33. The van der Waals surface area contributed by atoms with Crippen molar-refractivity contribution < 1.29 is 32.2 Å². The average molecular weight is 482 g/mol. The number of carboxylic acids is 1. The molecule has 9 heteroatoms. The Morgan fingerprint density at radius 3 is 2.45 bits per heavy atom. The van der Waals surface area contributed by atoms with Crippen LogP contribution >= 0.6 is 11.8 Å². The van der Waals surface area contributed by atoms with Crippen LogP contribution in [-0.2, 0) is 21.5 Å². The number of allylic oxidation sites excluding steroid dienone is 3. The maximum absolute atomic E-state index is 12.8. The van der Waals surface area contributed by atoms with Crippen LogP contribution in [0.2, 0.25) is 0 Å². The van der Waals surface area contributed by atoms with Crippen molar-refractivity contribution in [2.45, 2.75) is 45.2 Å². The normalized spacial score (nSPS) is 13.3. The molecular weight excluding hydrogens is 455 g/mol. The summed E-state index contributed by atoms with van der Waals surface area (Å²) in [5, 5.41) is 9.18. The van der Waals surface area contributed by atoms with Gasteiger partial charge in [-0.2, -0.15) is 13.2 Å². The van der Waals surface area contributed by atoms with E-state index in [1.807, 2.05) is 13.0 Å². The summed E-state index contributed by atoms with van der Waals surface area (Å²) in [4.78, 5) is 16.4. The third-order valence-corrected chi connectivity index (χ3v) is 5.90. The molecule has 0 spiro atoms. The summed E-state index contributed by atoms with van der Waals surface area (Å²) in [5.74, 6) is 0.179. The third kappa shape index (κ3) is 7.36. The quantitative estimate of drug-likeness (QED) is 0.376. The fourth-order valence-corrected chi connectivity index (χ4v) is 3.65. The summed E-state index contributed by atoms with van der Waals surface area (Å²) >= 11 is 1.45.